The Labute approximate surface area is 97.6 Å². The molecule has 1 fully saturated rings. The van der Waals surface area contributed by atoms with E-state index in [1.807, 2.05) is 0 Å². The molecule has 0 unspecified atom stereocenters. The van der Waals surface area contributed by atoms with Gasteiger partial charge in [0, 0.05) is 17.9 Å². The van der Waals surface area contributed by atoms with E-state index in [2.05, 4.69) is 0 Å². The number of amides is 1. The third-order valence-electron chi connectivity index (χ3n) is 2.44. The molecule has 1 aliphatic heterocycles. The van der Waals surface area contributed by atoms with E-state index in [9.17, 15) is 9.18 Å². The summed E-state index contributed by atoms with van der Waals surface area (Å²) in [6.45, 7) is 0.733. The third-order valence-corrected chi connectivity index (χ3v) is 3.40. The van der Waals surface area contributed by atoms with Gasteiger partial charge in [-0.3, -0.25) is 4.79 Å². The van der Waals surface area contributed by atoms with E-state index in [4.69, 9.17) is 4.74 Å². The molecule has 0 aromatic heterocycles. The molecule has 2 rings (SSSR count). The van der Waals surface area contributed by atoms with Crippen LogP contribution in [-0.2, 0) is 0 Å². The minimum atomic E-state index is -0.500. The molecule has 3 nitrogen and oxygen atoms in total. The van der Waals surface area contributed by atoms with Crippen LogP contribution in [0.3, 0.4) is 0 Å². The highest BCUT2D eigenvalue weighted by atomic mass is 32.2. The standard InChI is InChI=1S/C11H12FNO2S/c1-15-10-3-2-8(6-9(10)12)11(14)13-4-5-16-7-13/h2-3,6H,4-5,7H2,1H3. The molecule has 1 aromatic rings. The normalized spacial score (nSPS) is 15.2. The van der Waals surface area contributed by atoms with Gasteiger partial charge in [0.1, 0.15) is 0 Å². The maximum absolute atomic E-state index is 13.4. The molecule has 1 aromatic carbocycles. The largest absolute Gasteiger partial charge is 0.494 e. The molecule has 0 N–H and O–H groups in total. The zero-order valence-corrected chi connectivity index (χ0v) is 9.72. The predicted molar refractivity (Wildman–Crippen MR) is 61.3 cm³/mol. The van der Waals surface area contributed by atoms with Crippen molar-refractivity contribution in [3.8, 4) is 5.75 Å². The van der Waals surface area contributed by atoms with Crippen LogP contribution in [0.5, 0.6) is 5.75 Å². The van der Waals surface area contributed by atoms with Crippen molar-refractivity contribution in [1.82, 2.24) is 4.90 Å². The van der Waals surface area contributed by atoms with Crippen LogP contribution in [0.1, 0.15) is 10.4 Å². The Balaban J connectivity index is 2.20. The second-order valence-corrected chi connectivity index (χ2v) is 4.53. The number of rotatable bonds is 2. The zero-order valence-electron chi connectivity index (χ0n) is 8.90. The fourth-order valence-electron chi connectivity index (χ4n) is 1.56. The summed E-state index contributed by atoms with van der Waals surface area (Å²) in [5.74, 6) is 1.18. The molecule has 5 heteroatoms. The fourth-order valence-corrected chi connectivity index (χ4v) is 2.50. The number of halogens is 1. The van der Waals surface area contributed by atoms with Gasteiger partial charge in [-0.2, -0.15) is 0 Å². The van der Waals surface area contributed by atoms with E-state index in [0.717, 1.165) is 12.3 Å². The van der Waals surface area contributed by atoms with Crippen LogP contribution in [0, 0.1) is 5.82 Å². The Morgan fingerprint density at radius 3 is 2.94 bits per heavy atom. The summed E-state index contributed by atoms with van der Waals surface area (Å²) >= 11 is 1.70. The Kier molecular flexibility index (Phi) is 3.33. The van der Waals surface area contributed by atoms with Gasteiger partial charge in [-0.15, -0.1) is 11.8 Å². The van der Waals surface area contributed by atoms with Crippen LogP contribution in [0.15, 0.2) is 18.2 Å². The van der Waals surface area contributed by atoms with Gasteiger partial charge in [0.2, 0.25) is 0 Å². The summed E-state index contributed by atoms with van der Waals surface area (Å²) < 4.78 is 18.2. The minimum absolute atomic E-state index is 0.119. The summed E-state index contributed by atoms with van der Waals surface area (Å²) in [5, 5.41) is 0. The first-order valence-electron chi connectivity index (χ1n) is 4.93. The zero-order chi connectivity index (χ0) is 11.5. The molecule has 0 radical (unpaired) electrons. The van der Waals surface area contributed by atoms with Gasteiger partial charge >= 0.3 is 0 Å². The lowest BCUT2D eigenvalue weighted by molar-refractivity contribution is 0.0802. The van der Waals surface area contributed by atoms with E-state index >= 15 is 0 Å². The van der Waals surface area contributed by atoms with Crippen LogP contribution < -0.4 is 4.74 Å². The first-order chi connectivity index (χ1) is 7.72. The molecule has 1 heterocycles. The predicted octanol–water partition coefficient (Wildman–Crippen LogP) is 1.98. The summed E-state index contributed by atoms with van der Waals surface area (Å²) in [6, 6.07) is 4.29. The smallest absolute Gasteiger partial charge is 0.254 e. The highest BCUT2D eigenvalue weighted by Gasteiger charge is 2.20. The minimum Gasteiger partial charge on any atom is -0.494 e. The van der Waals surface area contributed by atoms with E-state index in [1.54, 1.807) is 22.7 Å². The van der Waals surface area contributed by atoms with Gasteiger partial charge in [0.05, 0.1) is 13.0 Å². The molecular weight excluding hydrogens is 229 g/mol. The second kappa shape index (κ2) is 4.74. The molecule has 86 valence electrons. The first-order valence-corrected chi connectivity index (χ1v) is 6.08. The number of carbonyl (C=O) groups is 1. The van der Waals surface area contributed by atoms with Crippen molar-refractivity contribution >= 4 is 17.7 Å². The molecule has 1 saturated heterocycles. The summed E-state index contributed by atoms with van der Waals surface area (Å²) in [7, 11) is 1.40. The van der Waals surface area contributed by atoms with Crippen molar-refractivity contribution < 1.29 is 13.9 Å². The molecule has 1 aliphatic rings. The summed E-state index contributed by atoms with van der Waals surface area (Å²) in [4.78, 5) is 13.6. The van der Waals surface area contributed by atoms with Gasteiger partial charge in [0.25, 0.3) is 5.91 Å². The fraction of sp³-hybridized carbons (Fsp3) is 0.364. The molecular formula is C11H12FNO2S. The first kappa shape index (κ1) is 11.3. The Morgan fingerprint density at radius 2 is 2.38 bits per heavy atom. The van der Waals surface area contributed by atoms with E-state index in [1.165, 1.54) is 19.2 Å². The van der Waals surface area contributed by atoms with Crippen molar-refractivity contribution in [3.05, 3.63) is 29.6 Å². The number of hydrogen-bond acceptors (Lipinski definition) is 3. The molecule has 0 bridgehead atoms. The van der Waals surface area contributed by atoms with Crippen molar-refractivity contribution in [2.24, 2.45) is 0 Å². The molecule has 0 atom stereocenters. The van der Waals surface area contributed by atoms with Gasteiger partial charge in [-0.25, -0.2) is 4.39 Å². The number of thioether (sulfide) groups is 1. The van der Waals surface area contributed by atoms with Crippen molar-refractivity contribution in [1.29, 1.82) is 0 Å². The number of methoxy groups -OCH3 is 1. The SMILES string of the molecule is COc1ccc(C(=O)N2CCSC2)cc1F. The van der Waals surface area contributed by atoms with Gasteiger partial charge in [-0.1, -0.05) is 0 Å². The van der Waals surface area contributed by atoms with Crippen LogP contribution in [0.4, 0.5) is 4.39 Å². The lowest BCUT2D eigenvalue weighted by Gasteiger charge is -2.14. The van der Waals surface area contributed by atoms with Gasteiger partial charge < -0.3 is 9.64 Å². The van der Waals surface area contributed by atoms with E-state index in [0.29, 0.717) is 11.4 Å². The number of nitrogens with zero attached hydrogens (tertiary/aromatic N) is 1. The molecule has 16 heavy (non-hydrogen) atoms. The monoisotopic (exact) mass is 241 g/mol. The number of ether oxygens (including phenoxy) is 1. The van der Waals surface area contributed by atoms with Crippen LogP contribution in [-0.4, -0.2) is 36.1 Å². The Morgan fingerprint density at radius 1 is 1.56 bits per heavy atom. The van der Waals surface area contributed by atoms with Crippen LogP contribution in [0.25, 0.3) is 0 Å². The summed E-state index contributed by atoms with van der Waals surface area (Å²) in [6.07, 6.45) is 0. The van der Waals surface area contributed by atoms with Gasteiger partial charge in [-0.05, 0) is 18.2 Å². The highest BCUT2D eigenvalue weighted by molar-refractivity contribution is 7.99. The maximum atomic E-state index is 13.4. The molecule has 0 spiro atoms. The average molecular weight is 241 g/mol. The number of carbonyl (C=O) groups excluding carboxylic acids is 1. The van der Waals surface area contributed by atoms with Crippen LogP contribution in [0.2, 0.25) is 0 Å². The quantitative estimate of drug-likeness (QED) is 0.793. The molecule has 1 amide bonds. The van der Waals surface area contributed by atoms with Crippen LogP contribution >= 0.6 is 11.8 Å². The highest BCUT2D eigenvalue weighted by Crippen LogP contribution is 2.21. The van der Waals surface area contributed by atoms with Crippen molar-refractivity contribution in [2.45, 2.75) is 0 Å². The molecule has 0 saturated carbocycles. The number of hydrogen-bond donors (Lipinski definition) is 0. The number of benzene rings is 1. The maximum Gasteiger partial charge on any atom is 0.254 e. The van der Waals surface area contributed by atoms with Crippen molar-refractivity contribution in [2.75, 3.05) is 25.3 Å². The second-order valence-electron chi connectivity index (χ2n) is 3.46. The lowest BCUT2D eigenvalue weighted by atomic mass is 10.2. The van der Waals surface area contributed by atoms with E-state index < -0.39 is 5.82 Å². The third kappa shape index (κ3) is 2.14. The van der Waals surface area contributed by atoms with E-state index in [-0.39, 0.29) is 11.7 Å². The lowest BCUT2D eigenvalue weighted by Crippen LogP contribution is -2.27. The molecule has 0 aliphatic carbocycles. The Hall–Kier alpha value is -1.23. The van der Waals surface area contributed by atoms with Crippen molar-refractivity contribution in [3.63, 3.8) is 0 Å². The average Bonchev–Trinajstić information content (AvgIpc) is 2.81. The topological polar surface area (TPSA) is 29.5 Å². The summed E-state index contributed by atoms with van der Waals surface area (Å²) in [5.41, 5.74) is 0.376. The van der Waals surface area contributed by atoms with Gasteiger partial charge in [0.15, 0.2) is 11.6 Å². The Bertz CT molecular complexity index is 405.